The van der Waals surface area contributed by atoms with Gasteiger partial charge in [-0.15, -0.1) is 10.2 Å². The van der Waals surface area contributed by atoms with E-state index < -0.39 is 0 Å². The van der Waals surface area contributed by atoms with E-state index in [9.17, 15) is 9.90 Å². The molecule has 1 atom stereocenters. The van der Waals surface area contributed by atoms with Gasteiger partial charge >= 0.3 is 5.97 Å². The number of phenolic OH excluding ortho intramolecular Hbond substituents is 1. The molecule has 0 saturated carbocycles. The van der Waals surface area contributed by atoms with Gasteiger partial charge in [-0.05, 0) is 29.3 Å². The van der Waals surface area contributed by atoms with Gasteiger partial charge in [-0.3, -0.25) is 4.79 Å². The molecular weight excluding hydrogens is 248 g/mol. The predicted octanol–water partition coefficient (Wildman–Crippen LogP) is 0.924. The number of esters is 1. The van der Waals surface area contributed by atoms with Crippen LogP contribution in [0.4, 0.5) is 0 Å². The van der Waals surface area contributed by atoms with E-state index in [1.54, 1.807) is 25.1 Å². The van der Waals surface area contributed by atoms with Crippen LogP contribution < -0.4 is 0 Å². The zero-order chi connectivity index (χ0) is 13.8. The van der Waals surface area contributed by atoms with Crippen LogP contribution in [0.15, 0.2) is 18.2 Å². The van der Waals surface area contributed by atoms with Crippen molar-refractivity contribution in [2.45, 2.75) is 13.3 Å². The molecule has 2 aromatic rings. The minimum Gasteiger partial charge on any atom is -0.507 e. The third-order valence-corrected chi connectivity index (χ3v) is 2.79. The number of hydrogen-bond donors (Lipinski definition) is 2. The molecule has 0 amide bonds. The monoisotopic (exact) mass is 262 g/mol. The Kier molecular flexibility index (Phi) is 3.74. The van der Waals surface area contributed by atoms with E-state index in [1.165, 1.54) is 7.11 Å². The summed E-state index contributed by atoms with van der Waals surface area (Å²) < 4.78 is 4.68. The first-order valence-corrected chi connectivity index (χ1v) is 5.75. The highest BCUT2D eigenvalue weighted by Gasteiger charge is 2.16. The number of nitrogens with zero attached hydrogens (tertiary/aromatic N) is 3. The van der Waals surface area contributed by atoms with E-state index >= 15 is 0 Å². The number of carbonyl (C=O) groups excluding carboxylic acids is 1. The molecule has 19 heavy (non-hydrogen) atoms. The van der Waals surface area contributed by atoms with Crippen molar-refractivity contribution in [1.29, 1.82) is 0 Å². The van der Waals surface area contributed by atoms with E-state index in [0.717, 1.165) is 5.56 Å². The number of benzene rings is 1. The van der Waals surface area contributed by atoms with Gasteiger partial charge in [-0.1, -0.05) is 13.0 Å². The first-order chi connectivity index (χ1) is 9.11. The largest absolute Gasteiger partial charge is 0.507 e. The third-order valence-electron chi connectivity index (χ3n) is 2.79. The number of aromatic nitrogens is 4. The highest BCUT2D eigenvalue weighted by Crippen LogP contribution is 2.27. The quantitative estimate of drug-likeness (QED) is 0.795. The SMILES string of the molecule is COC(=O)[C@@H](C)Cc1ccc(O)c(-c2nn[nH]n2)c1. The first kappa shape index (κ1) is 13.0. The van der Waals surface area contributed by atoms with Crippen LogP contribution in [0.5, 0.6) is 5.75 Å². The summed E-state index contributed by atoms with van der Waals surface area (Å²) in [6.45, 7) is 1.78. The lowest BCUT2D eigenvalue weighted by Crippen LogP contribution is -2.15. The van der Waals surface area contributed by atoms with E-state index in [2.05, 4.69) is 25.4 Å². The number of phenols is 1. The molecule has 100 valence electrons. The van der Waals surface area contributed by atoms with E-state index in [1.807, 2.05) is 0 Å². The number of H-pyrrole nitrogens is 1. The molecule has 1 aromatic carbocycles. The molecule has 0 saturated heterocycles. The summed E-state index contributed by atoms with van der Waals surface area (Å²) in [6.07, 6.45) is 0.512. The number of aromatic amines is 1. The fourth-order valence-corrected chi connectivity index (χ4v) is 1.80. The minimum atomic E-state index is -0.269. The molecule has 0 spiro atoms. The predicted molar refractivity (Wildman–Crippen MR) is 66.2 cm³/mol. The number of methoxy groups -OCH3 is 1. The Hall–Kier alpha value is -2.44. The number of tetrazole rings is 1. The fourth-order valence-electron chi connectivity index (χ4n) is 1.80. The molecule has 0 aliphatic rings. The minimum absolute atomic E-state index is 0.0656. The van der Waals surface area contributed by atoms with Crippen molar-refractivity contribution in [3.05, 3.63) is 23.8 Å². The second-order valence-corrected chi connectivity index (χ2v) is 4.22. The summed E-state index contributed by atoms with van der Waals surface area (Å²) >= 11 is 0. The normalized spacial score (nSPS) is 12.1. The van der Waals surface area contributed by atoms with Gasteiger partial charge in [0, 0.05) is 0 Å². The molecule has 2 N–H and O–H groups in total. The summed E-state index contributed by atoms with van der Waals surface area (Å²) in [5, 5.41) is 23.2. The molecule has 0 aliphatic carbocycles. The number of carbonyl (C=O) groups is 1. The molecule has 1 heterocycles. The van der Waals surface area contributed by atoms with Crippen LogP contribution in [0, 0.1) is 5.92 Å². The number of rotatable bonds is 4. The van der Waals surface area contributed by atoms with Crippen molar-refractivity contribution in [2.24, 2.45) is 5.92 Å². The topological polar surface area (TPSA) is 101 Å². The maximum absolute atomic E-state index is 11.4. The van der Waals surface area contributed by atoms with Crippen molar-refractivity contribution in [3.63, 3.8) is 0 Å². The van der Waals surface area contributed by atoms with Gasteiger partial charge in [-0.25, -0.2) is 0 Å². The molecule has 1 aromatic heterocycles. The Labute approximate surface area is 109 Å². The van der Waals surface area contributed by atoms with E-state index in [4.69, 9.17) is 0 Å². The number of nitrogens with one attached hydrogen (secondary N) is 1. The van der Waals surface area contributed by atoms with Crippen LogP contribution in [0.1, 0.15) is 12.5 Å². The summed E-state index contributed by atoms with van der Waals surface area (Å²) in [5.74, 6) is -0.150. The van der Waals surface area contributed by atoms with E-state index in [-0.39, 0.29) is 17.6 Å². The summed E-state index contributed by atoms with van der Waals surface area (Å²) in [7, 11) is 1.36. The van der Waals surface area contributed by atoms with Crippen LogP contribution >= 0.6 is 0 Å². The Balaban J connectivity index is 2.24. The highest BCUT2D eigenvalue weighted by atomic mass is 16.5. The third kappa shape index (κ3) is 2.87. The van der Waals surface area contributed by atoms with Crippen LogP contribution in [0.25, 0.3) is 11.4 Å². The maximum Gasteiger partial charge on any atom is 0.308 e. The average Bonchev–Trinajstić information content (AvgIpc) is 2.93. The lowest BCUT2D eigenvalue weighted by atomic mass is 9.99. The van der Waals surface area contributed by atoms with Crippen molar-refractivity contribution in [2.75, 3.05) is 7.11 Å². The van der Waals surface area contributed by atoms with Gasteiger partial charge < -0.3 is 9.84 Å². The van der Waals surface area contributed by atoms with Crippen LogP contribution in [0.2, 0.25) is 0 Å². The van der Waals surface area contributed by atoms with Crippen molar-refractivity contribution < 1.29 is 14.6 Å². The van der Waals surface area contributed by atoms with Gasteiger partial charge in [0.15, 0.2) is 0 Å². The molecule has 7 heteroatoms. The molecule has 0 fully saturated rings. The molecule has 2 rings (SSSR count). The van der Waals surface area contributed by atoms with Crippen molar-refractivity contribution in [3.8, 4) is 17.1 Å². The van der Waals surface area contributed by atoms with Gasteiger partial charge in [0.05, 0.1) is 18.6 Å². The lowest BCUT2D eigenvalue weighted by molar-refractivity contribution is -0.144. The van der Waals surface area contributed by atoms with Crippen LogP contribution in [0.3, 0.4) is 0 Å². The Morgan fingerprint density at radius 1 is 1.53 bits per heavy atom. The summed E-state index contributed by atoms with van der Waals surface area (Å²) in [4.78, 5) is 11.4. The lowest BCUT2D eigenvalue weighted by Gasteiger charge is -2.10. The molecular formula is C12H14N4O3. The molecule has 0 unspecified atom stereocenters. The van der Waals surface area contributed by atoms with Gasteiger partial charge in [0.25, 0.3) is 0 Å². The Morgan fingerprint density at radius 3 is 2.95 bits per heavy atom. The smallest absolute Gasteiger partial charge is 0.308 e. The van der Waals surface area contributed by atoms with Gasteiger partial charge in [0.1, 0.15) is 5.75 Å². The Bertz CT molecular complexity index is 568. The van der Waals surface area contributed by atoms with Gasteiger partial charge in [0.2, 0.25) is 5.82 Å². The Morgan fingerprint density at radius 2 is 2.32 bits per heavy atom. The standard InChI is InChI=1S/C12H14N4O3/c1-7(12(18)19-2)5-8-3-4-10(17)9(6-8)11-13-15-16-14-11/h3-4,6-7,17H,5H2,1-2H3,(H,13,14,15,16)/t7-/m0/s1. The molecule has 0 aliphatic heterocycles. The van der Waals surface area contributed by atoms with Gasteiger partial charge in [-0.2, -0.15) is 5.21 Å². The number of aromatic hydroxyl groups is 1. The van der Waals surface area contributed by atoms with Crippen molar-refractivity contribution >= 4 is 5.97 Å². The fraction of sp³-hybridized carbons (Fsp3) is 0.333. The maximum atomic E-state index is 11.4. The second kappa shape index (κ2) is 5.47. The average molecular weight is 262 g/mol. The summed E-state index contributed by atoms with van der Waals surface area (Å²) in [6, 6.07) is 5.03. The zero-order valence-electron chi connectivity index (χ0n) is 10.6. The van der Waals surface area contributed by atoms with Crippen LogP contribution in [-0.2, 0) is 16.0 Å². The first-order valence-electron chi connectivity index (χ1n) is 5.75. The molecule has 0 radical (unpaired) electrons. The second-order valence-electron chi connectivity index (χ2n) is 4.22. The molecule has 0 bridgehead atoms. The summed E-state index contributed by atoms with van der Waals surface area (Å²) in [5.41, 5.74) is 1.36. The highest BCUT2D eigenvalue weighted by molar-refractivity contribution is 5.72. The zero-order valence-corrected chi connectivity index (χ0v) is 10.6. The van der Waals surface area contributed by atoms with Crippen molar-refractivity contribution in [1.82, 2.24) is 20.6 Å². The number of hydrogen-bond acceptors (Lipinski definition) is 6. The van der Waals surface area contributed by atoms with Crippen LogP contribution in [-0.4, -0.2) is 38.8 Å². The number of ether oxygens (including phenoxy) is 1. The van der Waals surface area contributed by atoms with E-state index in [0.29, 0.717) is 17.8 Å². The molecule has 7 nitrogen and oxygen atoms in total.